The van der Waals surface area contributed by atoms with Gasteiger partial charge in [-0.1, -0.05) is 5.21 Å². The number of anilines is 2. The molecule has 2 aromatic heterocycles. The minimum absolute atomic E-state index is 0. The molecule has 1 amide bonds. The van der Waals surface area contributed by atoms with Crippen LogP contribution in [0.15, 0.2) is 18.3 Å². The zero-order valence-corrected chi connectivity index (χ0v) is 10.2. The normalized spacial score (nSPS) is 9.61. The number of pyridine rings is 1. The number of nitrogens with two attached hydrogens (primary N) is 1. The van der Waals surface area contributed by atoms with Crippen molar-refractivity contribution in [2.75, 3.05) is 11.1 Å². The molecule has 4 N–H and O–H groups in total. The Hall–Kier alpha value is -2.35. The molecule has 0 aliphatic rings. The highest BCUT2D eigenvalue weighted by molar-refractivity contribution is 5.86. The van der Waals surface area contributed by atoms with Gasteiger partial charge in [-0.2, -0.15) is 0 Å². The molecule has 2 heterocycles. The lowest BCUT2D eigenvalue weighted by atomic mass is 10.2. The predicted molar refractivity (Wildman–Crippen MR) is 67.5 cm³/mol. The fourth-order valence-corrected chi connectivity index (χ4v) is 1.32. The molecule has 0 fully saturated rings. The van der Waals surface area contributed by atoms with Crippen molar-refractivity contribution >= 4 is 30.0 Å². The summed E-state index contributed by atoms with van der Waals surface area (Å²) in [5, 5.41) is 18.5. The van der Waals surface area contributed by atoms with Gasteiger partial charge in [0.1, 0.15) is 0 Å². The van der Waals surface area contributed by atoms with Crippen LogP contribution in [0.25, 0.3) is 11.4 Å². The number of nitrogens with zero attached hydrogens (tertiary/aromatic N) is 4. The summed E-state index contributed by atoms with van der Waals surface area (Å²) in [4.78, 5) is 14.7. The van der Waals surface area contributed by atoms with Crippen molar-refractivity contribution in [3.8, 4) is 11.4 Å². The molecular weight excluding hydrogens is 260 g/mol. The van der Waals surface area contributed by atoms with E-state index < -0.39 is 6.09 Å². The zero-order chi connectivity index (χ0) is 12.4. The molecule has 0 spiro atoms. The van der Waals surface area contributed by atoms with Gasteiger partial charge in [-0.15, -0.1) is 17.5 Å². The standard InChI is InChI=1S/C9H10N6O2.ClH/c1-15-8(12-9(16)17)7(13-14-15)6-3-2-5(10)4-11-6;/h2-4,12H,10H2,1H3,(H,16,17);1H. The number of halogens is 1. The number of hydrogen-bond donors (Lipinski definition) is 3. The number of nitrogens with one attached hydrogen (secondary N) is 1. The Kier molecular flexibility index (Phi) is 4.05. The van der Waals surface area contributed by atoms with E-state index in [1.807, 2.05) is 0 Å². The van der Waals surface area contributed by atoms with Gasteiger partial charge in [0.25, 0.3) is 0 Å². The molecule has 0 aliphatic carbocycles. The van der Waals surface area contributed by atoms with Crippen LogP contribution in [0, 0.1) is 0 Å². The van der Waals surface area contributed by atoms with Crippen LogP contribution in [0.1, 0.15) is 0 Å². The maximum atomic E-state index is 10.6. The number of aromatic nitrogens is 4. The molecule has 0 atom stereocenters. The number of rotatable bonds is 2. The van der Waals surface area contributed by atoms with Crippen molar-refractivity contribution < 1.29 is 9.90 Å². The number of carbonyl (C=O) groups is 1. The van der Waals surface area contributed by atoms with Gasteiger partial charge in [-0.3, -0.25) is 10.3 Å². The van der Waals surface area contributed by atoms with Gasteiger partial charge in [-0.05, 0) is 12.1 Å². The molecule has 0 radical (unpaired) electrons. The van der Waals surface area contributed by atoms with Gasteiger partial charge in [-0.25, -0.2) is 9.48 Å². The lowest BCUT2D eigenvalue weighted by Gasteiger charge is -2.03. The van der Waals surface area contributed by atoms with Crippen LogP contribution in [0.2, 0.25) is 0 Å². The molecule has 0 saturated carbocycles. The van der Waals surface area contributed by atoms with Gasteiger partial charge in [0.15, 0.2) is 11.5 Å². The van der Waals surface area contributed by atoms with Crippen molar-refractivity contribution in [2.24, 2.45) is 7.05 Å². The second-order valence-electron chi connectivity index (χ2n) is 3.32. The molecule has 9 heteroatoms. The number of amides is 1. The molecule has 2 rings (SSSR count). The van der Waals surface area contributed by atoms with Crippen molar-refractivity contribution in [1.29, 1.82) is 0 Å². The van der Waals surface area contributed by atoms with Crippen molar-refractivity contribution in [1.82, 2.24) is 20.0 Å². The zero-order valence-electron chi connectivity index (χ0n) is 9.36. The topological polar surface area (TPSA) is 119 Å². The molecule has 18 heavy (non-hydrogen) atoms. The van der Waals surface area contributed by atoms with E-state index in [1.54, 1.807) is 19.2 Å². The summed E-state index contributed by atoms with van der Waals surface area (Å²) in [6, 6.07) is 3.30. The first-order valence-corrected chi connectivity index (χ1v) is 4.69. The van der Waals surface area contributed by atoms with Crippen LogP contribution in [0.4, 0.5) is 16.3 Å². The van der Waals surface area contributed by atoms with Gasteiger partial charge < -0.3 is 10.8 Å². The molecule has 0 unspecified atom stereocenters. The smallest absolute Gasteiger partial charge is 0.410 e. The molecular formula is C9H11ClN6O2. The molecule has 0 aliphatic heterocycles. The first-order valence-electron chi connectivity index (χ1n) is 4.69. The average Bonchev–Trinajstić information content (AvgIpc) is 2.61. The van der Waals surface area contributed by atoms with E-state index in [1.165, 1.54) is 10.9 Å². The van der Waals surface area contributed by atoms with E-state index >= 15 is 0 Å². The summed E-state index contributed by atoms with van der Waals surface area (Å²) in [6.45, 7) is 0. The number of nitrogen functional groups attached to an aromatic ring is 1. The fraction of sp³-hybridized carbons (Fsp3) is 0.111. The summed E-state index contributed by atoms with van der Waals surface area (Å²) in [5.74, 6) is 0.259. The third-order valence-electron chi connectivity index (χ3n) is 2.08. The van der Waals surface area contributed by atoms with E-state index in [2.05, 4.69) is 20.6 Å². The van der Waals surface area contributed by atoms with E-state index in [0.29, 0.717) is 17.1 Å². The maximum absolute atomic E-state index is 10.6. The second kappa shape index (κ2) is 5.32. The molecule has 0 saturated heterocycles. The van der Waals surface area contributed by atoms with Crippen LogP contribution < -0.4 is 11.1 Å². The van der Waals surface area contributed by atoms with Gasteiger partial charge >= 0.3 is 6.09 Å². The van der Waals surface area contributed by atoms with Gasteiger partial charge in [0, 0.05) is 7.05 Å². The monoisotopic (exact) mass is 270 g/mol. The number of aryl methyl sites for hydroxylation is 1. The molecule has 2 aromatic rings. The number of hydrogen-bond acceptors (Lipinski definition) is 5. The van der Waals surface area contributed by atoms with Crippen LogP contribution >= 0.6 is 12.4 Å². The highest BCUT2D eigenvalue weighted by atomic mass is 35.5. The van der Waals surface area contributed by atoms with E-state index in [-0.39, 0.29) is 18.2 Å². The Labute approximate surface area is 108 Å². The Morgan fingerprint density at radius 2 is 2.22 bits per heavy atom. The highest BCUT2D eigenvalue weighted by Crippen LogP contribution is 2.23. The third kappa shape index (κ3) is 2.66. The van der Waals surface area contributed by atoms with Gasteiger partial charge in [0.05, 0.1) is 17.6 Å². The summed E-state index contributed by atoms with van der Waals surface area (Å²) >= 11 is 0. The average molecular weight is 271 g/mol. The molecule has 0 bridgehead atoms. The van der Waals surface area contributed by atoms with Crippen LogP contribution in [-0.4, -0.2) is 31.2 Å². The molecule has 96 valence electrons. The van der Waals surface area contributed by atoms with E-state index in [9.17, 15) is 4.79 Å². The van der Waals surface area contributed by atoms with Crippen LogP contribution in [0.5, 0.6) is 0 Å². The third-order valence-corrected chi connectivity index (χ3v) is 2.08. The quantitative estimate of drug-likeness (QED) is 0.748. The van der Waals surface area contributed by atoms with Crippen LogP contribution in [-0.2, 0) is 7.05 Å². The van der Waals surface area contributed by atoms with E-state index in [4.69, 9.17) is 10.8 Å². The Balaban J connectivity index is 0.00000162. The van der Waals surface area contributed by atoms with Crippen molar-refractivity contribution in [3.63, 3.8) is 0 Å². The first-order chi connectivity index (χ1) is 8.08. The second-order valence-corrected chi connectivity index (χ2v) is 3.32. The largest absolute Gasteiger partial charge is 0.465 e. The Morgan fingerprint density at radius 3 is 2.78 bits per heavy atom. The predicted octanol–water partition coefficient (Wildman–Crippen LogP) is 0.971. The highest BCUT2D eigenvalue weighted by Gasteiger charge is 2.15. The van der Waals surface area contributed by atoms with Crippen molar-refractivity contribution in [3.05, 3.63) is 18.3 Å². The van der Waals surface area contributed by atoms with E-state index in [0.717, 1.165) is 0 Å². The summed E-state index contributed by atoms with van der Waals surface area (Å²) in [7, 11) is 1.58. The lowest BCUT2D eigenvalue weighted by Crippen LogP contribution is -2.11. The lowest BCUT2D eigenvalue weighted by molar-refractivity contribution is 0.209. The molecule has 0 aromatic carbocycles. The Morgan fingerprint density at radius 1 is 1.50 bits per heavy atom. The minimum Gasteiger partial charge on any atom is -0.465 e. The van der Waals surface area contributed by atoms with Crippen LogP contribution in [0.3, 0.4) is 0 Å². The summed E-state index contributed by atoms with van der Waals surface area (Å²) in [5.41, 5.74) is 6.89. The first kappa shape index (κ1) is 13.7. The summed E-state index contributed by atoms with van der Waals surface area (Å²) < 4.78 is 1.32. The maximum Gasteiger partial charge on any atom is 0.410 e. The summed E-state index contributed by atoms with van der Waals surface area (Å²) in [6.07, 6.45) is 0.279. The molecule has 8 nitrogen and oxygen atoms in total. The SMILES string of the molecule is Cl.Cn1nnc(-c2ccc(N)cn2)c1NC(=O)O. The Bertz CT molecular complexity index is 553. The number of carboxylic acid groups (broad SMARTS) is 1. The fourth-order valence-electron chi connectivity index (χ4n) is 1.32. The van der Waals surface area contributed by atoms with Crippen molar-refractivity contribution in [2.45, 2.75) is 0 Å². The van der Waals surface area contributed by atoms with Gasteiger partial charge in [0.2, 0.25) is 0 Å². The minimum atomic E-state index is -1.19.